The first-order chi connectivity index (χ1) is 10.2. The lowest BCUT2D eigenvalue weighted by Gasteiger charge is -2.31. The van der Waals surface area contributed by atoms with Gasteiger partial charge in [0.15, 0.2) is 0 Å². The molecule has 1 aromatic heterocycles. The van der Waals surface area contributed by atoms with E-state index < -0.39 is 0 Å². The number of aryl methyl sites for hydroxylation is 2. The standard InChI is InChI=1S/C18H24N2O/c1-13-5-8-17(14(2)10-13)18(11-19)20(15-6-7-15)12-16-4-3-9-21-16/h3-5,8-10,15,18H,6-7,11-12,19H2,1-2H3. The highest BCUT2D eigenvalue weighted by molar-refractivity contribution is 5.33. The van der Waals surface area contributed by atoms with E-state index in [1.54, 1.807) is 6.26 Å². The van der Waals surface area contributed by atoms with Crippen LogP contribution in [0.3, 0.4) is 0 Å². The summed E-state index contributed by atoms with van der Waals surface area (Å²) in [5, 5.41) is 0. The molecule has 0 aliphatic heterocycles. The molecule has 2 aromatic rings. The lowest BCUT2D eigenvalue weighted by Crippen LogP contribution is -2.35. The van der Waals surface area contributed by atoms with Crippen LogP contribution < -0.4 is 5.73 Å². The number of rotatable bonds is 6. The van der Waals surface area contributed by atoms with Crippen molar-refractivity contribution in [3.63, 3.8) is 0 Å². The van der Waals surface area contributed by atoms with Crippen molar-refractivity contribution < 1.29 is 4.42 Å². The van der Waals surface area contributed by atoms with E-state index in [-0.39, 0.29) is 6.04 Å². The summed E-state index contributed by atoms with van der Waals surface area (Å²) in [7, 11) is 0. The minimum absolute atomic E-state index is 0.267. The molecule has 3 rings (SSSR count). The van der Waals surface area contributed by atoms with E-state index in [0.717, 1.165) is 12.3 Å². The molecule has 1 aromatic carbocycles. The van der Waals surface area contributed by atoms with Gasteiger partial charge in [-0.15, -0.1) is 0 Å². The zero-order chi connectivity index (χ0) is 14.8. The third-order valence-electron chi connectivity index (χ3n) is 4.34. The second kappa shape index (κ2) is 6.04. The Kier molecular flexibility index (Phi) is 4.13. The van der Waals surface area contributed by atoms with Gasteiger partial charge in [-0.25, -0.2) is 0 Å². The molecule has 1 fully saturated rings. The van der Waals surface area contributed by atoms with Gasteiger partial charge in [0.25, 0.3) is 0 Å². The van der Waals surface area contributed by atoms with E-state index in [1.165, 1.54) is 29.5 Å². The van der Waals surface area contributed by atoms with Gasteiger partial charge in [-0.3, -0.25) is 4.90 Å². The molecule has 21 heavy (non-hydrogen) atoms. The summed E-state index contributed by atoms with van der Waals surface area (Å²) in [6, 6.07) is 11.6. The van der Waals surface area contributed by atoms with Crippen molar-refractivity contribution in [3.05, 3.63) is 59.0 Å². The smallest absolute Gasteiger partial charge is 0.117 e. The highest BCUT2D eigenvalue weighted by Crippen LogP contribution is 2.36. The molecule has 1 aliphatic carbocycles. The summed E-state index contributed by atoms with van der Waals surface area (Å²) >= 11 is 0. The number of hydrogen-bond acceptors (Lipinski definition) is 3. The van der Waals surface area contributed by atoms with Crippen molar-refractivity contribution in [3.8, 4) is 0 Å². The molecule has 3 heteroatoms. The van der Waals surface area contributed by atoms with Crippen molar-refractivity contribution in [1.29, 1.82) is 0 Å². The van der Waals surface area contributed by atoms with E-state index in [0.29, 0.717) is 12.6 Å². The summed E-state index contributed by atoms with van der Waals surface area (Å²) in [5.41, 5.74) is 10.1. The Morgan fingerprint density at radius 3 is 2.67 bits per heavy atom. The average molecular weight is 284 g/mol. The van der Waals surface area contributed by atoms with E-state index in [9.17, 15) is 0 Å². The minimum atomic E-state index is 0.267. The van der Waals surface area contributed by atoms with Gasteiger partial charge in [0.05, 0.1) is 12.8 Å². The lowest BCUT2D eigenvalue weighted by atomic mass is 9.97. The van der Waals surface area contributed by atoms with Crippen LogP contribution in [0.4, 0.5) is 0 Å². The molecular formula is C18H24N2O. The van der Waals surface area contributed by atoms with Crippen molar-refractivity contribution >= 4 is 0 Å². The minimum Gasteiger partial charge on any atom is -0.468 e. The highest BCUT2D eigenvalue weighted by atomic mass is 16.3. The molecule has 0 amide bonds. The van der Waals surface area contributed by atoms with Crippen LogP contribution in [0.25, 0.3) is 0 Å². The average Bonchev–Trinajstić information content (AvgIpc) is 3.18. The third-order valence-corrected chi connectivity index (χ3v) is 4.34. The van der Waals surface area contributed by atoms with E-state index >= 15 is 0 Å². The van der Waals surface area contributed by atoms with Crippen LogP contribution in [-0.4, -0.2) is 17.5 Å². The lowest BCUT2D eigenvalue weighted by molar-refractivity contribution is 0.167. The molecule has 112 valence electrons. The molecule has 3 nitrogen and oxygen atoms in total. The van der Waals surface area contributed by atoms with Crippen LogP contribution in [0.1, 0.15) is 41.3 Å². The molecule has 1 aliphatic rings. The number of furan rings is 1. The van der Waals surface area contributed by atoms with Gasteiger partial charge in [0, 0.05) is 18.6 Å². The summed E-state index contributed by atoms with van der Waals surface area (Å²) in [6.45, 7) is 5.80. The predicted octanol–water partition coefficient (Wildman–Crippen LogP) is 3.56. The number of nitrogens with zero attached hydrogens (tertiary/aromatic N) is 1. The maximum absolute atomic E-state index is 6.13. The highest BCUT2D eigenvalue weighted by Gasteiger charge is 2.35. The second-order valence-corrected chi connectivity index (χ2v) is 6.09. The third kappa shape index (κ3) is 3.20. The van der Waals surface area contributed by atoms with E-state index in [1.807, 2.05) is 12.1 Å². The summed E-state index contributed by atoms with van der Waals surface area (Å²) in [4.78, 5) is 2.51. The summed E-state index contributed by atoms with van der Waals surface area (Å²) < 4.78 is 5.54. The molecule has 1 atom stereocenters. The fraction of sp³-hybridized carbons (Fsp3) is 0.444. The van der Waals surface area contributed by atoms with Crippen molar-refractivity contribution in [1.82, 2.24) is 4.90 Å². The summed E-state index contributed by atoms with van der Waals surface area (Å²) in [6.07, 6.45) is 4.28. The van der Waals surface area contributed by atoms with Gasteiger partial charge in [0.1, 0.15) is 5.76 Å². The van der Waals surface area contributed by atoms with Gasteiger partial charge in [-0.05, 0) is 49.9 Å². The van der Waals surface area contributed by atoms with Gasteiger partial charge in [-0.2, -0.15) is 0 Å². The van der Waals surface area contributed by atoms with Crippen molar-refractivity contribution in [2.75, 3.05) is 6.54 Å². The SMILES string of the molecule is Cc1ccc(C(CN)N(Cc2ccco2)C2CC2)c(C)c1. The van der Waals surface area contributed by atoms with Gasteiger partial charge >= 0.3 is 0 Å². The molecular weight excluding hydrogens is 260 g/mol. The molecule has 1 saturated carbocycles. The number of nitrogens with two attached hydrogens (primary N) is 1. The largest absolute Gasteiger partial charge is 0.468 e. The Morgan fingerprint density at radius 2 is 2.10 bits per heavy atom. The first kappa shape index (κ1) is 14.4. The van der Waals surface area contributed by atoms with Crippen LogP contribution in [-0.2, 0) is 6.54 Å². The fourth-order valence-electron chi connectivity index (χ4n) is 3.12. The van der Waals surface area contributed by atoms with Gasteiger partial charge in [-0.1, -0.05) is 23.8 Å². The first-order valence-electron chi connectivity index (χ1n) is 7.74. The van der Waals surface area contributed by atoms with Gasteiger partial charge in [0.2, 0.25) is 0 Å². The Bertz CT molecular complexity index is 587. The van der Waals surface area contributed by atoms with Crippen LogP contribution in [0.2, 0.25) is 0 Å². The zero-order valence-electron chi connectivity index (χ0n) is 12.9. The number of hydrogen-bond donors (Lipinski definition) is 1. The Morgan fingerprint density at radius 1 is 1.29 bits per heavy atom. The quantitative estimate of drug-likeness (QED) is 0.882. The predicted molar refractivity (Wildman–Crippen MR) is 85.0 cm³/mol. The maximum atomic E-state index is 6.13. The Labute approximate surface area is 126 Å². The fourth-order valence-corrected chi connectivity index (χ4v) is 3.12. The number of benzene rings is 1. The Hall–Kier alpha value is -1.58. The van der Waals surface area contributed by atoms with Crippen LogP contribution in [0.5, 0.6) is 0 Å². The molecule has 1 unspecified atom stereocenters. The van der Waals surface area contributed by atoms with Crippen molar-refractivity contribution in [2.45, 2.75) is 45.3 Å². The topological polar surface area (TPSA) is 42.4 Å². The molecule has 0 radical (unpaired) electrons. The first-order valence-corrected chi connectivity index (χ1v) is 7.74. The monoisotopic (exact) mass is 284 g/mol. The maximum Gasteiger partial charge on any atom is 0.117 e. The summed E-state index contributed by atoms with van der Waals surface area (Å²) in [5.74, 6) is 1.02. The van der Waals surface area contributed by atoms with Crippen LogP contribution in [0, 0.1) is 13.8 Å². The van der Waals surface area contributed by atoms with Crippen molar-refractivity contribution in [2.24, 2.45) is 5.73 Å². The molecule has 2 N–H and O–H groups in total. The van der Waals surface area contributed by atoms with E-state index in [4.69, 9.17) is 10.2 Å². The molecule has 1 heterocycles. The zero-order valence-corrected chi connectivity index (χ0v) is 12.9. The molecule has 0 saturated heterocycles. The second-order valence-electron chi connectivity index (χ2n) is 6.09. The Balaban J connectivity index is 1.88. The molecule has 0 bridgehead atoms. The normalized spacial score (nSPS) is 16.4. The van der Waals surface area contributed by atoms with Crippen LogP contribution >= 0.6 is 0 Å². The van der Waals surface area contributed by atoms with E-state index in [2.05, 4.69) is 36.9 Å². The van der Waals surface area contributed by atoms with Gasteiger partial charge < -0.3 is 10.2 Å². The molecule has 0 spiro atoms. The van der Waals surface area contributed by atoms with Crippen LogP contribution in [0.15, 0.2) is 41.0 Å².